The summed E-state index contributed by atoms with van der Waals surface area (Å²) in [7, 11) is 1.53. The van der Waals surface area contributed by atoms with Gasteiger partial charge in [0.2, 0.25) is 0 Å². The van der Waals surface area contributed by atoms with Crippen molar-refractivity contribution in [2.45, 2.75) is 6.42 Å². The molecule has 2 rings (SSSR count). The Morgan fingerprint density at radius 1 is 1.15 bits per heavy atom. The van der Waals surface area contributed by atoms with Crippen LogP contribution in [-0.4, -0.2) is 12.9 Å². The highest BCUT2D eigenvalue weighted by Crippen LogP contribution is 2.21. The van der Waals surface area contributed by atoms with Gasteiger partial charge in [-0.05, 0) is 29.8 Å². The van der Waals surface area contributed by atoms with Gasteiger partial charge in [0.15, 0.2) is 5.78 Å². The Kier molecular flexibility index (Phi) is 4.35. The zero-order valence-corrected chi connectivity index (χ0v) is 11.4. The van der Waals surface area contributed by atoms with Crippen molar-refractivity contribution in [1.29, 1.82) is 0 Å². The normalized spacial score (nSPS) is 10.4. The number of ketones is 1. The van der Waals surface area contributed by atoms with Crippen molar-refractivity contribution in [3.8, 4) is 5.75 Å². The molecule has 0 atom stereocenters. The Balaban J connectivity index is 2.21. The number of halogens is 3. The number of hydrogen-bond donors (Lipinski definition) is 0. The van der Waals surface area contributed by atoms with Crippen LogP contribution in [0.3, 0.4) is 0 Å². The second kappa shape index (κ2) is 6.01. The maximum absolute atomic E-state index is 13.6. The second-order valence-corrected chi connectivity index (χ2v) is 4.60. The maximum atomic E-state index is 13.6. The van der Waals surface area contributed by atoms with Crippen LogP contribution < -0.4 is 4.74 Å². The van der Waals surface area contributed by atoms with Crippen molar-refractivity contribution in [2.75, 3.05) is 7.11 Å². The Morgan fingerprint density at radius 2 is 1.80 bits per heavy atom. The Morgan fingerprint density at radius 3 is 2.40 bits per heavy atom. The number of benzene rings is 2. The lowest BCUT2D eigenvalue weighted by Crippen LogP contribution is -2.07. The van der Waals surface area contributed by atoms with Crippen LogP contribution in [0.15, 0.2) is 36.4 Å². The lowest BCUT2D eigenvalue weighted by atomic mass is 10.0. The van der Waals surface area contributed by atoms with Crippen LogP contribution in [0.5, 0.6) is 5.75 Å². The molecule has 0 saturated heterocycles. The third-order valence-corrected chi connectivity index (χ3v) is 3.12. The quantitative estimate of drug-likeness (QED) is 0.628. The van der Waals surface area contributed by atoms with Crippen LogP contribution in [-0.2, 0) is 6.42 Å². The zero-order chi connectivity index (χ0) is 14.7. The van der Waals surface area contributed by atoms with Gasteiger partial charge in [0, 0.05) is 6.42 Å². The van der Waals surface area contributed by atoms with Crippen molar-refractivity contribution in [3.05, 3.63) is 64.2 Å². The molecule has 20 heavy (non-hydrogen) atoms. The number of carbonyl (C=O) groups is 1. The van der Waals surface area contributed by atoms with Crippen molar-refractivity contribution in [1.82, 2.24) is 0 Å². The fourth-order valence-electron chi connectivity index (χ4n) is 1.76. The fraction of sp³-hybridized carbons (Fsp3) is 0.133. The SMILES string of the molecule is COc1ccc(CC(=O)c2cc(F)c(Cl)cc2F)cc1. The summed E-state index contributed by atoms with van der Waals surface area (Å²) in [6, 6.07) is 8.41. The molecule has 0 aliphatic rings. The minimum absolute atomic E-state index is 0.0258. The van der Waals surface area contributed by atoms with Crippen molar-refractivity contribution in [3.63, 3.8) is 0 Å². The first kappa shape index (κ1) is 14.5. The molecule has 5 heteroatoms. The van der Waals surface area contributed by atoms with E-state index in [-0.39, 0.29) is 17.0 Å². The van der Waals surface area contributed by atoms with Gasteiger partial charge in [0.25, 0.3) is 0 Å². The molecule has 0 amide bonds. The van der Waals surface area contributed by atoms with Gasteiger partial charge in [0.1, 0.15) is 17.4 Å². The predicted molar refractivity (Wildman–Crippen MR) is 72.4 cm³/mol. The van der Waals surface area contributed by atoms with E-state index in [0.29, 0.717) is 11.3 Å². The highest BCUT2D eigenvalue weighted by molar-refractivity contribution is 6.30. The molecule has 0 radical (unpaired) electrons. The molecule has 0 aromatic heterocycles. The Bertz CT molecular complexity index is 639. The summed E-state index contributed by atoms with van der Waals surface area (Å²) in [5.41, 5.74) is 0.383. The topological polar surface area (TPSA) is 26.3 Å². The summed E-state index contributed by atoms with van der Waals surface area (Å²) in [5.74, 6) is -1.49. The lowest BCUT2D eigenvalue weighted by Gasteiger charge is -2.05. The minimum Gasteiger partial charge on any atom is -0.497 e. The molecular formula is C15H11ClF2O2. The number of rotatable bonds is 4. The third kappa shape index (κ3) is 3.14. The number of methoxy groups -OCH3 is 1. The molecule has 104 valence electrons. The smallest absolute Gasteiger partial charge is 0.170 e. The van der Waals surface area contributed by atoms with Gasteiger partial charge < -0.3 is 4.74 Å². The van der Waals surface area contributed by atoms with E-state index in [1.165, 1.54) is 7.11 Å². The molecule has 0 fully saturated rings. The first-order valence-electron chi connectivity index (χ1n) is 5.82. The molecule has 0 spiro atoms. The fourth-order valence-corrected chi connectivity index (χ4v) is 1.91. The first-order valence-corrected chi connectivity index (χ1v) is 6.19. The number of ether oxygens (including phenoxy) is 1. The molecule has 0 heterocycles. The number of carbonyl (C=O) groups excluding carboxylic acids is 1. The lowest BCUT2D eigenvalue weighted by molar-refractivity contribution is 0.0988. The minimum atomic E-state index is -0.824. The predicted octanol–water partition coefficient (Wildman–Crippen LogP) is 4.05. The molecule has 0 bridgehead atoms. The van der Waals surface area contributed by atoms with Gasteiger partial charge >= 0.3 is 0 Å². The second-order valence-electron chi connectivity index (χ2n) is 4.19. The van der Waals surface area contributed by atoms with E-state index < -0.39 is 17.4 Å². The van der Waals surface area contributed by atoms with E-state index in [9.17, 15) is 13.6 Å². The summed E-state index contributed by atoms with van der Waals surface area (Å²) >= 11 is 5.44. The van der Waals surface area contributed by atoms with E-state index in [1.807, 2.05) is 0 Å². The summed E-state index contributed by atoms with van der Waals surface area (Å²) in [5, 5.41) is -0.344. The largest absolute Gasteiger partial charge is 0.497 e. The monoisotopic (exact) mass is 296 g/mol. The van der Waals surface area contributed by atoms with E-state index in [0.717, 1.165) is 12.1 Å². The highest BCUT2D eigenvalue weighted by atomic mass is 35.5. The Labute approximate surface area is 119 Å². The van der Waals surface area contributed by atoms with Gasteiger partial charge in [-0.25, -0.2) is 8.78 Å². The summed E-state index contributed by atoms with van der Waals surface area (Å²) in [4.78, 5) is 12.0. The molecular weight excluding hydrogens is 286 g/mol. The molecule has 2 aromatic rings. The molecule has 2 nitrogen and oxygen atoms in total. The van der Waals surface area contributed by atoms with E-state index >= 15 is 0 Å². The van der Waals surface area contributed by atoms with Crippen LogP contribution in [0, 0.1) is 11.6 Å². The van der Waals surface area contributed by atoms with Crippen LogP contribution in [0.1, 0.15) is 15.9 Å². The third-order valence-electron chi connectivity index (χ3n) is 2.83. The highest BCUT2D eigenvalue weighted by Gasteiger charge is 2.15. The van der Waals surface area contributed by atoms with E-state index in [4.69, 9.17) is 16.3 Å². The molecule has 0 aliphatic carbocycles. The average Bonchev–Trinajstić information content (AvgIpc) is 2.43. The molecule has 0 N–H and O–H groups in total. The molecule has 0 saturated carbocycles. The number of Topliss-reactive ketones (excluding diaryl/α,β-unsaturated/α-hetero) is 1. The van der Waals surface area contributed by atoms with E-state index in [2.05, 4.69) is 0 Å². The molecule has 0 aliphatic heterocycles. The average molecular weight is 297 g/mol. The number of hydrogen-bond acceptors (Lipinski definition) is 2. The van der Waals surface area contributed by atoms with Crippen LogP contribution in [0.4, 0.5) is 8.78 Å². The standard InChI is InChI=1S/C15H11ClF2O2/c1-20-10-4-2-9(3-5-10)6-15(19)11-7-14(18)12(16)8-13(11)17/h2-5,7-8H,6H2,1H3. The van der Waals surface area contributed by atoms with Crippen LogP contribution in [0.2, 0.25) is 5.02 Å². The van der Waals surface area contributed by atoms with Crippen molar-refractivity contribution in [2.24, 2.45) is 0 Å². The summed E-state index contributed by atoms with van der Waals surface area (Å²) < 4.78 is 31.9. The zero-order valence-electron chi connectivity index (χ0n) is 10.6. The Hall–Kier alpha value is -1.94. The van der Waals surface area contributed by atoms with E-state index in [1.54, 1.807) is 24.3 Å². The van der Waals surface area contributed by atoms with Crippen LogP contribution >= 0.6 is 11.6 Å². The summed E-state index contributed by atoms with van der Waals surface area (Å²) in [6.45, 7) is 0. The maximum Gasteiger partial charge on any atom is 0.170 e. The van der Waals surface area contributed by atoms with Crippen molar-refractivity contribution < 1.29 is 18.3 Å². The van der Waals surface area contributed by atoms with Gasteiger partial charge in [0.05, 0.1) is 17.7 Å². The molecule has 2 aromatic carbocycles. The van der Waals surface area contributed by atoms with Crippen LogP contribution in [0.25, 0.3) is 0 Å². The summed E-state index contributed by atoms with van der Waals surface area (Å²) in [6.07, 6.45) is -0.0258. The first-order chi connectivity index (χ1) is 9.51. The van der Waals surface area contributed by atoms with Gasteiger partial charge in [-0.3, -0.25) is 4.79 Å². The molecule has 0 unspecified atom stereocenters. The van der Waals surface area contributed by atoms with Gasteiger partial charge in [-0.2, -0.15) is 0 Å². The van der Waals surface area contributed by atoms with Crippen molar-refractivity contribution >= 4 is 17.4 Å². The van der Waals surface area contributed by atoms with Gasteiger partial charge in [-0.1, -0.05) is 23.7 Å². The van der Waals surface area contributed by atoms with Gasteiger partial charge in [-0.15, -0.1) is 0 Å².